The molecule has 48 heavy (non-hydrogen) atoms. The summed E-state index contributed by atoms with van der Waals surface area (Å²) >= 11 is 0. The molecule has 2 nitrogen and oxygen atoms in total. The van der Waals surface area contributed by atoms with Crippen LogP contribution in [0.4, 0.5) is 34.1 Å². The molecule has 0 amide bonds. The normalized spacial score (nSPS) is 15.6. The first-order chi connectivity index (χ1) is 23.1. The van der Waals surface area contributed by atoms with Crippen molar-refractivity contribution in [3.05, 3.63) is 155 Å². The number of rotatable bonds is 2. The number of hydrogen-bond donors (Lipinski definition) is 0. The van der Waals surface area contributed by atoms with Crippen molar-refractivity contribution < 1.29 is 0 Å². The number of para-hydroxylation sites is 2. The SMILES string of the molecule is Cc1ccc2c(c1)C(C)(C)c1ccccc1N2c1ccc2c(c1)c1cc(N3c4ccccc4C(C)(C)c4cc(C)ccc43)ccc1p2C. The van der Waals surface area contributed by atoms with Crippen molar-refractivity contribution in [2.75, 3.05) is 9.80 Å². The predicted molar refractivity (Wildman–Crippen MR) is 208 cm³/mol. The number of anilines is 6. The molecule has 6 aromatic carbocycles. The Bertz CT molecular complexity index is 2290. The zero-order valence-electron chi connectivity index (χ0n) is 28.9. The molecule has 0 aliphatic carbocycles. The molecule has 0 spiro atoms. The average Bonchev–Trinajstić information content (AvgIpc) is 3.36. The molecule has 7 aromatic rings. The smallest absolute Gasteiger partial charge is 0.0502 e. The standard InChI is InChI=1S/C45H41N2P/c1-28-16-20-40-36(24-28)44(3,4)34-12-8-10-14-38(34)46(40)30-18-22-42-32(26-30)33-27-31(19-23-43(33)48(42)7)47-39-15-11-9-13-35(39)45(5,6)37-25-29(2)17-21-41(37)47/h8-27H,1-7H3. The van der Waals surface area contributed by atoms with E-state index in [0.717, 1.165) is 0 Å². The van der Waals surface area contributed by atoms with Crippen molar-refractivity contribution in [2.24, 2.45) is 6.66 Å². The maximum absolute atomic E-state index is 2.50. The molecule has 3 heterocycles. The Morgan fingerprint density at radius 3 is 1.27 bits per heavy atom. The first kappa shape index (κ1) is 29.4. The largest absolute Gasteiger partial charge is 0.310 e. The predicted octanol–water partition coefficient (Wildman–Crippen LogP) is 13.4. The number of benzene rings is 6. The summed E-state index contributed by atoms with van der Waals surface area (Å²) in [6.45, 7) is 16.3. The summed E-state index contributed by atoms with van der Waals surface area (Å²) in [7, 11) is -0.443. The Kier molecular flexibility index (Phi) is 6.19. The molecular weight excluding hydrogens is 599 g/mol. The van der Waals surface area contributed by atoms with Gasteiger partial charge in [-0.1, -0.05) is 99.5 Å². The van der Waals surface area contributed by atoms with E-state index in [1.165, 1.54) is 88.5 Å². The fourth-order valence-corrected chi connectivity index (χ4v) is 10.6. The summed E-state index contributed by atoms with van der Waals surface area (Å²) in [5.74, 6) is 0. The van der Waals surface area contributed by atoms with Crippen LogP contribution in [-0.2, 0) is 17.5 Å². The molecule has 0 N–H and O–H groups in total. The van der Waals surface area contributed by atoms with Gasteiger partial charge in [0.2, 0.25) is 0 Å². The number of fused-ring (bicyclic) bond motifs is 7. The van der Waals surface area contributed by atoms with Gasteiger partial charge in [-0.15, -0.1) is 7.53 Å². The van der Waals surface area contributed by atoms with Crippen molar-refractivity contribution in [1.82, 2.24) is 0 Å². The first-order valence-electron chi connectivity index (χ1n) is 17.1. The highest BCUT2D eigenvalue weighted by Gasteiger charge is 2.38. The summed E-state index contributed by atoms with van der Waals surface area (Å²) in [5, 5.41) is 5.66. The van der Waals surface area contributed by atoms with E-state index in [1.54, 1.807) is 0 Å². The molecule has 2 aliphatic heterocycles. The molecule has 0 saturated carbocycles. The summed E-state index contributed by atoms with van der Waals surface area (Å²) in [5.41, 5.74) is 15.4. The van der Waals surface area contributed by atoms with Gasteiger partial charge < -0.3 is 9.80 Å². The van der Waals surface area contributed by atoms with Crippen LogP contribution >= 0.6 is 7.53 Å². The van der Waals surface area contributed by atoms with Gasteiger partial charge in [0.25, 0.3) is 0 Å². The van der Waals surface area contributed by atoms with Crippen molar-refractivity contribution >= 4 is 62.7 Å². The van der Waals surface area contributed by atoms with Gasteiger partial charge in [-0.3, -0.25) is 0 Å². The Morgan fingerprint density at radius 1 is 0.438 bits per heavy atom. The lowest BCUT2D eigenvalue weighted by Gasteiger charge is -2.42. The molecule has 236 valence electrons. The fourth-order valence-electron chi connectivity index (χ4n) is 8.66. The Labute approximate surface area is 285 Å². The van der Waals surface area contributed by atoms with Crippen LogP contribution in [0.2, 0.25) is 0 Å². The summed E-state index contributed by atoms with van der Waals surface area (Å²) in [6, 6.07) is 46.3. The number of aryl methyl sites for hydroxylation is 3. The van der Waals surface area contributed by atoms with E-state index in [0.29, 0.717) is 0 Å². The molecule has 0 bridgehead atoms. The van der Waals surface area contributed by atoms with E-state index in [4.69, 9.17) is 0 Å². The Hall–Kier alpha value is -4.78. The zero-order valence-corrected chi connectivity index (χ0v) is 29.8. The minimum Gasteiger partial charge on any atom is -0.310 e. The molecule has 9 rings (SSSR count). The highest BCUT2D eigenvalue weighted by Crippen LogP contribution is 2.56. The van der Waals surface area contributed by atoms with Crippen LogP contribution in [-0.4, -0.2) is 0 Å². The molecule has 2 aliphatic rings. The second kappa shape index (κ2) is 10.1. The second-order valence-corrected chi connectivity index (χ2v) is 17.0. The van der Waals surface area contributed by atoms with Crippen LogP contribution in [0.15, 0.2) is 121 Å². The maximum atomic E-state index is 2.50. The Balaban J connectivity index is 1.27. The van der Waals surface area contributed by atoms with Crippen LogP contribution in [0, 0.1) is 13.8 Å². The zero-order chi connectivity index (χ0) is 33.1. The third-order valence-corrected chi connectivity index (χ3v) is 13.5. The van der Waals surface area contributed by atoms with Crippen LogP contribution in [0.5, 0.6) is 0 Å². The molecule has 0 unspecified atom stereocenters. The van der Waals surface area contributed by atoms with Gasteiger partial charge in [0.1, 0.15) is 0 Å². The van der Waals surface area contributed by atoms with E-state index < -0.39 is 7.53 Å². The topological polar surface area (TPSA) is 6.48 Å². The maximum Gasteiger partial charge on any atom is 0.0502 e. The van der Waals surface area contributed by atoms with E-state index in [2.05, 4.69) is 179 Å². The van der Waals surface area contributed by atoms with Crippen molar-refractivity contribution in [3.8, 4) is 0 Å². The fraction of sp³-hybridized carbons (Fsp3) is 0.200. The van der Waals surface area contributed by atoms with Crippen molar-refractivity contribution in [3.63, 3.8) is 0 Å². The van der Waals surface area contributed by atoms with E-state index >= 15 is 0 Å². The molecular formula is C45H41N2P. The van der Waals surface area contributed by atoms with E-state index in [1.807, 2.05) is 0 Å². The van der Waals surface area contributed by atoms with Gasteiger partial charge in [0.15, 0.2) is 0 Å². The molecule has 0 atom stereocenters. The van der Waals surface area contributed by atoms with Gasteiger partial charge >= 0.3 is 0 Å². The van der Waals surface area contributed by atoms with Gasteiger partial charge in [0.05, 0.1) is 22.7 Å². The van der Waals surface area contributed by atoms with Gasteiger partial charge in [0, 0.05) is 32.4 Å². The highest BCUT2D eigenvalue weighted by molar-refractivity contribution is 7.59. The Morgan fingerprint density at radius 2 is 0.833 bits per heavy atom. The minimum atomic E-state index is -0.443. The lowest BCUT2D eigenvalue weighted by atomic mass is 9.73. The summed E-state index contributed by atoms with van der Waals surface area (Å²) in [6.07, 6.45) is 0. The molecule has 3 heteroatoms. The van der Waals surface area contributed by atoms with Crippen LogP contribution < -0.4 is 9.80 Å². The number of hydrogen-bond acceptors (Lipinski definition) is 2. The molecule has 0 fully saturated rings. The van der Waals surface area contributed by atoms with Crippen molar-refractivity contribution in [2.45, 2.75) is 52.4 Å². The highest BCUT2D eigenvalue weighted by atomic mass is 31.1. The van der Waals surface area contributed by atoms with Crippen LogP contribution in [0.25, 0.3) is 21.0 Å². The first-order valence-corrected chi connectivity index (χ1v) is 18.9. The van der Waals surface area contributed by atoms with Crippen LogP contribution in [0.3, 0.4) is 0 Å². The quantitative estimate of drug-likeness (QED) is 0.186. The van der Waals surface area contributed by atoms with Gasteiger partial charge in [-0.2, -0.15) is 0 Å². The third kappa shape index (κ3) is 3.99. The molecule has 0 saturated heterocycles. The van der Waals surface area contributed by atoms with Gasteiger partial charge in [-0.05, 0) is 114 Å². The van der Waals surface area contributed by atoms with Crippen molar-refractivity contribution in [1.29, 1.82) is 0 Å². The number of nitrogens with zero attached hydrogens (tertiary/aromatic N) is 2. The summed E-state index contributed by atoms with van der Waals surface area (Å²) in [4.78, 5) is 4.99. The third-order valence-electron chi connectivity index (χ3n) is 11.3. The summed E-state index contributed by atoms with van der Waals surface area (Å²) < 4.78 is 0. The lowest BCUT2D eigenvalue weighted by Crippen LogP contribution is -2.30. The van der Waals surface area contributed by atoms with Crippen LogP contribution in [0.1, 0.15) is 61.1 Å². The van der Waals surface area contributed by atoms with Gasteiger partial charge in [-0.25, -0.2) is 0 Å². The lowest BCUT2D eigenvalue weighted by molar-refractivity contribution is 0.631. The molecule has 1 aromatic heterocycles. The second-order valence-electron chi connectivity index (χ2n) is 15.0. The minimum absolute atomic E-state index is 0.0848. The monoisotopic (exact) mass is 640 g/mol. The van der Waals surface area contributed by atoms with E-state index in [9.17, 15) is 0 Å². The molecule has 0 radical (unpaired) electrons. The average molecular weight is 641 g/mol. The van der Waals surface area contributed by atoms with E-state index in [-0.39, 0.29) is 10.8 Å².